The summed E-state index contributed by atoms with van der Waals surface area (Å²) in [6.07, 6.45) is 1.29. The van der Waals surface area contributed by atoms with Gasteiger partial charge in [-0.05, 0) is 48.0 Å². The predicted molar refractivity (Wildman–Crippen MR) is 125 cm³/mol. The average Bonchev–Trinajstić information content (AvgIpc) is 3.62. The fourth-order valence-electron chi connectivity index (χ4n) is 4.15. The van der Waals surface area contributed by atoms with Gasteiger partial charge < -0.3 is 28.6 Å². The molecule has 0 aliphatic carbocycles. The highest BCUT2D eigenvalue weighted by molar-refractivity contribution is 6.01. The molecule has 2 aliphatic heterocycles. The van der Waals surface area contributed by atoms with Crippen molar-refractivity contribution in [2.75, 3.05) is 26.5 Å². The summed E-state index contributed by atoms with van der Waals surface area (Å²) in [6.45, 7) is 2.08. The molecule has 5 rings (SSSR count). The number of benzene rings is 2. The molecule has 0 bridgehead atoms. The molecular formula is C26H27FN2O6. The third-order valence-corrected chi connectivity index (χ3v) is 5.82. The van der Waals surface area contributed by atoms with Crippen LogP contribution in [0.15, 0.2) is 70.4 Å². The Hall–Kier alpha value is -3.40. The zero-order chi connectivity index (χ0) is 24.0. The molecular weight excluding hydrogens is 455 g/mol. The Morgan fingerprint density at radius 3 is 2.80 bits per heavy atom. The molecule has 8 nitrogen and oxygen atoms in total. The Kier molecular flexibility index (Phi) is 7.27. The number of hydrogen-bond donors (Lipinski definition) is 1. The second-order valence-electron chi connectivity index (χ2n) is 8.61. The smallest absolute Gasteiger partial charge is 0.231 e. The minimum atomic E-state index is -0.721. The molecule has 0 fully saturated rings. The Morgan fingerprint density at radius 1 is 1.11 bits per heavy atom. The average molecular weight is 483 g/mol. The van der Waals surface area contributed by atoms with Crippen LogP contribution in [0.4, 0.5) is 4.39 Å². The van der Waals surface area contributed by atoms with E-state index in [9.17, 15) is 9.50 Å². The Bertz CT molecular complexity index is 1140. The highest BCUT2D eigenvalue weighted by Gasteiger charge is 2.27. The van der Waals surface area contributed by atoms with Crippen molar-refractivity contribution in [1.29, 1.82) is 0 Å². The van der Waals surface area contributed by atoms with E-state index in [1.54, 1.807) is 24.5 Å². The minimum Gasteiger partial charge on any atom is -0.467 e. The first-order chi connectivity index (χ1) is 17.1. The summed E-state index contributed by atoms with van der Waals surface area (Å²) in [5.74, 6) is 1.84. The normalized spacial score (nSPS) is 17.5. The van der Waals surface area contributed by atoms with Crippen LogP contribution in [0.1, 0.15) is 23.3 Å². The Morgan fingerprint density at radius 2 is 1.97 bits per heavy atom. The molecule has 2 aliphatic rings. The van der Waals surface area contributed by atoms with E-state index in [0.29, 0.717) is 44.2 Å². The number of oxime groups is 1. The van der Waals surface area contributed by atoms with Gasteiger partial charge >= 0.3 is 0 Å². The van der Waals surface area contributed by atoms with E-state index in [1.165, 1.54) is 12.1 Å². The van der Waals surface area contributed by atoms with Crippen LogP contribution in [0.2, 0.25) is 0 Å². The first-order valence-electron chi connectivity index (χ1n) is 11.5. The molecule has 35 heavy (non-hydrogen) atoms. The van der Waals surface area contributed by atoms with Crippen molar-refractivity contribution < 1.29 is 33.0 Å². The van der Waals surface area contributed by atoms with E-state index in [1.807, 2.05) is 24.3 Å². The summed E-state index contributed by atoms with van der Waals surface area (Å²) < 4.78 is 35.1. The summed E-state index contributed by atoms with van der Waals surface area (Å²) in [4.78, 5) is 7.79. The van der Waals surface area contributed by atoms with Crippen LogP contribution < -0.4 is 9.47 Å². The van der Waals surface area contributed by atoms with E-state index >= 15 is 0 Å². The van der Waals surface area contributed by atoms with Gasteiger partial charge in [-0.25, -0.2) is 4.39 Å². The van der Waals surface area contributed by atoms with E-state index in [0.717, 1.165) is 22.6 Å². The number of fused-ring (bicyclic) bond motifs is 1. The van der Waals surface area contributed by atoms with Crippen LogP contribution in [0.5, 0.6) is 11.5 Å². The number of halogens is 1. The van der Waals surface area contributed by atoms with Gasteiger partial charge in [0.1, 0.15) is 24.3 Å². The van der Waals surface area contributed by atoms with Crippen molar-refractivity contribution in [3.63, 3.8) is 0 Å². The summed E-state index contributed by atoms with van der Waals surface area (Å²) in [7, 11) is 0. The maximum Gasteiger partial charge on any atom is 0.231 e. The third kappa shape index (κ3) is 6.19. The van der Waals surface area contributed by atoms with Gasteiger partial charge in [0.25, 0.3) is 0 Å². The molecule has 2 aromatic carbocycles. The first-order valence-corrected chi connectivity index (χ1v) is 11.5. The van der Waals surface area contributed by atoms with Crippen molar-refractivity contribution >= 4 is 5.71 Å². The highest BCUT2D eigenvalue weighted by atomic mass is 19.1. The monoisotopic (exact) mass is 482 g/mol. The topological polar surface area (TPSA) is 85.9 Å². The van der Waals surface area contributed by atoms with E-state index in [4.69, 9.17) is 23.5 Å². The third-order valence-electron chi connectivity index (χ3n) is 5.82. The molecule has 1 aromatic heterocycles. The number of nitrogens with zero attached hydrogens (tertiary/aromatic N) is 2. The summed E-state index contributed by atoms with van der Waals surface area (Å²) in [5.41, 5.74) is 2.69. The SMILES string of the molecule is O[C@@H](COCc1ccco1)CN(Cc1ccc(F)cc1)C[C@H]1CC(c2ccc3c(c2)OCO3)=NO1. The van der Waals surface area contributed by atoms with Crippen LogP contribution in [0.25, 0.3) is 0 Å². The molecule has 1 N–H and O–H groups in total. The van der Waals surface area contributed by atoms with Gasteiger partial charge in [0.2, 0.25) is 6.79 Å². The second-order valence-corrected chi connectivity index (χ2v) is 8.61. The number of ether oxygens (including phenoxy) is 3. The molecule has 0 spiro atoms. The zero-order valence-electron chi connectivity index (χ0n) is 19.1. The molecule has 0 amide bonds. The lowest BCUT2D eigenvalue weighted by molar-refractivity contribution is -0.00956. The standard InChI is InChI=1S/C26H27FN2O6/c27-20-6-3-18(4-7-20)12-29(13-21(30)15-31-16-22-2-1-9-32-22)14-23-11-24(28-35-23)19-5-8-25-26(10-19)34-17-33-25/h1-10,21,23,30H,11-17H2/t21-,23-/m1/s1. The Balaban J connectivity index is 1.18. The van der Waals surface area contributed by atoms with Gasteiger partial charge in [0.05, 0.1) is 24.7 Å². The molecule has 184 valence electrons. The zero-order valence-corrected chi connectivity index (χ0v) is 19.1. The molecule has 2 atom stereocenters. The summed E-state index contributed by atoms with van der Waals surface area (Å²) in [5, 5.41) is 14.9. The van der Waals surface area contributed by atoms with Gasteiger partial charge in [-0.15, -0.1) is 0 Å². The van der Waals surface area contributed by atoms with Gasteiger partial charge in [-0.1, -0.05) is 17.3 Å². The van der Waals surface area contributed by atoms with Gasteiger partial charge in [-0.2, -0.15) is 0 Å². The van der Waals surface area contributed by atoms with E-state index < -0.39 is 6.10 Å². The molecule has 0 saturated heterocycles. The maximum absolute atomic E-state index is 13.4. The van der Waals surface area contributed by atoms with Crippen LogP contribution in [0, 0.1) is 5.82 Å². The highest BCUT2D eigenvalue weighted by Crippen LogP contribution is 2.33. The molecule has 0 unspecified atom stereocenters. The van der Waals surface area contributed by atoms with Crippen molar-refractivity contribution in [2.45, 2.75) is 31.8 Å². The number of furan rings is 1. The van der Waals surface area contributed by atoms with Gasteiger partial charge in [0, 0.05) is 31.6 Å². The van der Waals surface area contributed by atoms with E-state index in [-0.39, 0.29) is 25.3 Å². The summed E-state index contributed by atoms with van der Waals surface area (Å²) in [6, 6.07) is 15.7. The number of rotatable bonds is 11. The van der Waals surface area contributed by atoms with Crippen LogP contribution >= 0.6 is 0 Å². The lowest BCUT2D eigenvalue weighted by Gasteiger charge is -2.27. The lowest BCUT2D eigenvalue weighted by Crippen LogP contribution is -2.39. The van der Waals surface area contributed by atoms with Crippen molar-refractivity contribution in [3.8, 4) is 11.5 Å². The molecule has 0 radical (unpaired) electrons. The predicted octanol–water partition coefficient (Wildman–Crippen LogP) is 3.72. The molecule has 9 heteroatoms. The molecule has 3 heterocycles. The largest absolute Gasteiger partial charge is 0.467 e. The lowest BCUT2D eigenvalue weighted by atomic mass is 10.0. The minimum absolute atomic E-state index is 0.158. The quantitative estimate of drug-likeness (QED) is 0.446. The first kappa shape index (κ1) is 23.3. The number of aliphatic hydroxyl groups is 1. The molecule has 0 saturated carbocycles. The van der Waals surface area contributed by atoms with Crippen molar-refractivity contribution in [3.05, 3.63) is 83.6 Å². The van der Waals surface area contributed by atoms with Crippen LogP contribution in [0.3, 0.4) is 0 Å². The van der Waals surface area contributed by atoms with Crippen molar-refractivity contribution in [1.82, 2.24) is 4.90 Å². The van der Waals surface area contributed by atoms with Gasteiger partial charge in [0.15, 0.2) is 11.5 Å². The van der Waals surface area contributed by atoms with Crippen molar-refractivity contribution in [2.24, 2.45) is 5.16 Å². The van der Waals surface area contributed by atoms with E-state index in [2.05, 4.69) is 10.1 Å². The fourth-order valence-corrected chi connectivity index (χ4v) is 4.15. The summed E-state index contributed by atoms with van der Waals surface area (Å²) >= 11 is 0. The van der Waals surface area contributed by atoms with Crippen LogP contribution in [-0.4, -0.2) is 54.4 Å². The number of hydrogen-bond acceptors (Lipinski definition) is 8. The molecule has 3 aromatic rings. The van der Waals surface area contributed by atoms with Crippen LogP contribution in [-0.2, 0) is 22.7 Å². The van der Waals surface area contributed by atoms with Gasteiger partial charge in [-0.3, -0.25) is 4.90 Å². The second kappa shape index (κ2) is 10.9. The maximum atomic E-state index is 13.4. The Labute approximate surface area is 202 Å². The fraction of sp³-hybridized carbons (Fsp3) is 0.346. The number of aliphatic hydroxyl groups excluding tert-OH is 1.